The zero-order valence-corrected chi connectivity index (χ0v) is 11.6. The van der Waals surface area contributed by atoms with Crippen molar-refractivity contribution in [2.24, 2.45) is 0 Å². The van der Waals surface area contributed by atoms with E-state index in [4.69, 9.17) is 14.0 Å². The van der Waals surface area contributed by atoms with Crippen molar-refractivity contribution < 1.29 is 14.0 Å². The van der Waals surface area contributed by atoms with Gasteiger partial charge in [-0.2, -0.15) is 4.98 Å². The Balaban J connectivity index is 1.74. The van der Waals surface area contributed by atoms with Crippen molar-refractivity contribution in [1.82, 2.24) is 15.5 Å². The van der Waals surface area contributed by atoms with E-state index in [2.05, 4.69) is 15.5 Å². The van der Waals surface area contributed by atoms with Crippen LogP contribution in [-0.4, -0.2) is 43.6 Å². The summed E-state index contributed by atoms with van der Waals surface area (Å²) in [5.74, 6) is 1.44. The Morgan fingerprint density at radius 3 is 3.11 bits per heavy atom. The minimum absolute atomic E-state index is 0.221. The highest BCUT2D eigenvalue weighted by Gasteiger charge is 2.19. The fraction of sp³-hybridized carbons (Fsp3) is 0.846. The molecule has 1 aromatic rings. The Bertz CT molecular complexity index is 349. The number of hydrogen-bond acceptors (Lipinski definition) is 6. The van der Waals surface area contributed by atoms with Gasteiger partial charge in [0.15, 0.2) is 5.82 Å². The Hall–Kier alpha value is -0.980. The number of aromatic nitrogens is 2. The fourth-order valence-electron chi connectivity index (χ4n) is 2.16. The lowest BCUT2D eigenvalue weighted by molar-refractivity contribution is 0.0714. The van der Waals surface area contributed by atoms with Crippen molar-refractivity contribution in [2.75, 3.05) is 33.5 Å². The first-order valence-corrected chi connectivity index (χ1v) is 7.02. The molecular weight excluding hydrogens is 246 g/mol. The third-order valence-electron chi connectivity index (χ3n) is 3.24. The molecule has 2 heterocycles. The van der Waals surface area contributed by atoms with Gasteiger partial charge in [0.1, 0.15) is 0 Å². The summed E-state index contributed by atoms with van der Waals surface area (Å²) in [7, 11) is 1.66. The molecule has 0 aromatic carbocycles. The second-order valence-corrected chi connectivity index (χ2v) is 4.76. The minimum atomic E-state index is 0.221. The SMILES string of the molecule is COCCOCCc1noc(C2CCCCCN2)n1. The first kappa shape index (κ1) is 14.4. The molecule has 1 aliphatic heterocycles. The van der Waals surface area contributed by atoms with Gasteiger partial charge in [-0.05, 0) is 19.4 Å². The second-order valence-electron chi connectivity index (χ2n) is 4.76. The molecule has 0 amide bonds. The predicted octanol–water partition coefficient (Wildman–Crippen LogP) is 1.48. The molecule has 1 aromatic heterocycles. The standard InChI is InChI=1S/C13H23N3O3/c1-17-9-10-18-8-6-12-15-13(19-16-12)11-5-3-2-4-7-14-11/h11,14H,2-10H2,1H3. The molecule has 1 N–H and O–H groups in total. The Morgan fingerprint density at radius 1 is 1.26 bits per heavy atom. The smallest absolute Gasteiger partial charge is 0.243 e. The highest BCUT2D eigenvalue weighted by Crippen LogP contribution is 2.21. The quantitative estimate of drug-likeness (QED) is 0.756. The van der Waals surface area contributed by atoms with Crippen LogP contribution in [0.15, 0.2) is 4.52 Å². The molecule has 6 heteroatoms. The number of nitrogens with zero attached hydrogens (tertiary/aromatic N) is 2. The van der Waals surface area contributed by atoms with E-state index in [-0.39, 0.29) is 6.04 Å². The van der Waals surface area contributed by atoms with E-state index in [9.17, 15) is 0 Å². The number of methoxy groups -OCH3 is 1. The maximum Gasteiger partial charge on any atom is 0.243 e. The van der Waals surface area contributed by atoms with Crippen LogP contribution < -0.4 is 5.32 Å². The molecule has 19 heavy (non-hydrogen) atoms. The van der Waals surface area contributed by atoms with Crippen molar-refractivity contribution in [3.8, 4) is 0 Å². The molecule has 1 unspecified atom stereocenters. The Labute approximate surface area is 113 Å². The van der Waals surface area contributed by atoms with Gasteiger partial charge in [0.05, 0.1) is 25.9 Å². The van der Waals surface area contributed by atoms with Gasteiger partial charge in [-0.25, -0.2) is 0 Å². The molecule has 108 valence electrons. The normalized spacial score (nSPS) is 20.4. The average molecular weight is 269 g/mol. The predicted molar refractivity (Wildman–Crippen MR) is 69.9 cm³/mol. The zero-order valence-electron chi connectivity index (χ0n) is 11.6. The Morgan fingerprint density at radius 2 is 2.21 bits per heavy atom. The van der Waals surface area contributed by atoms with Crippen molar-refractivity contribution in [3.63, 3.8) is 0 Å². The lowest BCUT2D eigenvalue weighted by atomic mass is 10.1. The third-order valence-corrected chi connectivity index (χ3v) is 3.24. The molecular formula is C13H23N3O3. The Kier molecular flexibility index (Phi) is 6.26. The molecule has 1 aliphatic rings. The molecule has 1 atom stereocenters. The van der Waals surface area contributed by atoms with Crippen LogP contribution in [0.5, 0.6) is 0 Å². The van der Waals surface area contributed by atoms with E-state index < -0.39 is 0 Å². The van der Waals surface area contributed by atoms with Crippen LogP contribution >= 0.6 is 0 Å². The van der Waals surface area contributed by atoms with Crippen molar-refractivity contribution in [1.29, 1.82) is 0 Å². The van der Waals surface area contributed by atoms with E-state index in [1.807, 2.05) is 0 Å². The maximum absolute atomic E-state index is 5.39. The van der Waals surface area contributed by atoms with E-state index >= 15 is 0 Å². The summed E-state index contributed by atoms with van der Waals surface area (Å²) in [4.78, 5) is 4.44. The number of hydrogen-bond donors (Lipinski definition) is 1. The van der Waals surface area contributed by atoms with Crippen LogP contribution in [-0.2, 0) is 15.9 Å². The average Bonchev–Trinajstić information content (AvgIpc) is 2.72. The molecule has 0 saturated carbocycles. The molecule has 1 fully saturated rings. The summed E-state index contributed by atoms with van der Waals surface area (Å²) >= 11 is 0. The summed E-state index contributed by atoms with van der Waals surface area (Å²) in [6, 6.07) is 0.221. The molecule has 0 spiro atoms. The summed E-state index contributed by atoms with van der Waals surface area (Å²) in [5.41, 5.74) is 0. The van der Waals surface area contributed by atoms with Crippen LogP contribution in [0.3, 0.4) is 0 Å². The number of nitrogens with one attached hydrogen (secondary N) is 1. The highest BCUT2D eigenvalue weighted by molar-refractivity contribution is 4.94. The van der Waals surface area contributed by atoms with Gasteiger partial charge in [-0.15, -0.1) is 0 Å². The van der Waals surface area contributed by atoms with Crippen LogP contribution in [0.1, 0.15) is 43.4 Å². The third kappa shape index (κ3) is 4.89. The van der Waals surface area contributed by atoms with Crippen LogP contribution in [0.2, 0.25) is 0 Å². The maximum atomic E-state index is 5.39. The van der Waals surface area contributed by atoms with Crippen LogP contribution in [0.4, 0.5) is 0 Å². The van der Waals surface area contributed by atoms with Gasteiger partial charge < -0.3 is 19.3 Å². The molecule has 2 rings (SSSR count). The second kappa shape index (κ2) is 8.24. The first-order chi connectivity index (χ1) is 9.40. The lowest BCUT2D eigenvalue weighted by Gasteiger charge is -2.09. The van der Waals surface area contributed by atoms with E-state index in [0.29, 0.717) is 32.1 Å². The van der Waals surface area contributed by atoms with Crippen molar-refractivity contribution in [3.05, 3.63) is 11.7 Å². The van der Waals surface area contributed by atoms with Gasteiger partial charge in [0.2, 0.25) is 5.89 Å². The lowest BCUT2D eigenvalue weighted by Crippen LogP contribution is -2.20. The van der Waals surface area contributed by atoms with Crippen LogP contribution in [0, 0.1) is 0 Å². The van der Waals surface area contributed by atoms with Gasteiger partial charge in [0.25, 0.3) is 0 Å². The largest absolute Gasteiger partial charge is 0.382 e. The molecule has 1 saturated heterocycles. The monoisotopic (exact) mass is 269 g/mol. The van der Waals surface area contributed by atoms with Gasteiger partial charge in [-0.1, -0.05) is 18.0 Å². The summed E-state index contributed by atoms with van der Waals surface area (Å²) in [6.07, 6.45) is 5.48. The topological polar surface area (TPSA) is 69.4 Å². The van der Waals surface area contributed by atoms with E-state index in [0.717, 1.165) is 18.8 Å². The number of rotatable bonds is 7. The minimum Gasteiger partial charge on any atom is -0.382 e. The van der Waals surface area contributed by atoms with Gasteiger partial charge >= 0.3 is 0 Å². The van der Waals surface area contributed by atoms with E-state index in [1.54, 1.807) is 7.11 Å². The summed E-state index contributed by atoms with van der Waals surface area (Å²) in [5, 5.41) is 7.45. The fourth-order valence-corrected chi connectivity index (χ4v) is 2.16. The van der Waals surface area contributed by atoms with Crippen molar-refractivity contribution >= 4 is 0 Å². The summed E-state index contributed by atoms with van der Waals surface area (Å²) in [6.45, 7) is 2.85. The molecule has 0 radical (unpaired) electrons. The molecule has 0 aliphatic carbocycles. The van der Waals surface area contributed by atoms with Gasteiger partial charge in [-0.3, -0.25) is 0 Å². The van der Waals surface area contributed by atoms with Gasteiger partial charge in [0, 0.05) is 13.5 Å². The zero-order chi connectivity index (χ0) is 13.3. The summed E-state index contributed by atoms with van der Waals surface area (Å²) < 4.78 is 15.6. The van der Waals surface area contributed by atoms with Crippen molar-refractivity contribution in [2.45, 2.75) is 38.1 Å². The molecule has 6 nitrogen and oxygen atoms in total. The van der Waals surface area contributed by atoms with Crippen LogP contribution in [0.25, 0.3) is 0 Å². The van der Waals surface area contributed by atoms with E-state index in [1.165, 1.54) is 19.3 Å². The first-order valence-electron chi connectivity index (χ1n) is 7.02. The molecule has 0 bridgehead atoms. The number of ether oxygens (including phenoxy) is 2. The highest BCUT2D eigenvalue weighted by atomic mass is 16.5.